The van der Waals surface area contributed by atoms with E-state index in [9.17, 15) is 19.5 Å². The Bertz CT molecular complexity index is 2010. The Labute approximate surface area is 262 Å². The Morgan fingerprint density at radius 2 is 1.78 bits per heavy atom. The van der Waals surface area contributed by atoms with Crippen LogP contribution in [0.5, 0.6) is 0 Å². The van der Waals surface area contributed by atoms with Gasteiger partial charge >= 0.3 is 5.97 Å². The van der Waals surface area contributed by atoms with Gasteiger partial charge in [-0.3, -0.25) is 15.0 Å². The molecule has 1 aromatic heterocycles. The van der Waals surface area contributed by atoms with E-state index in [4.69, 9.17) is 16.9 Å². The summed E-state index contributed by atoms with van der Waals surface area (Å²) >= 11 is 0. The standard InChI is InChI=1S/C33H29N9O4/c1-33(19-7-3-2-4-8-19)16-25(38-24-13-10-18(28(34)35)15-23(24)33)26-22(29(36)43)12-11-21(27(26)32(45)46)17-6-5-9-20(14-17)37-31(44)30-39-41-42-40-30/h2-15,25,38H,16H2,1H3,(H3,34,35)(H2,36,43)(H,37,44)(H,45,46)(H,39,40,41,42). The molecule has 1 aliphatic rings. The normalized spacial score (nSPS) is 16.9. The number of H-pyrrole nitrogens is 1. The number of amides is 2. The van der Waals surface area contributed by atoms with Crippen LogP contribution in [0.2, 0.25) is 0 Å². The number of primary amides is 1. The molecule has 0 fully saturated rings. The fraction of sp³-hybridized carbons (Fsp3) is 0.121. The van der Waals surface area contributed by atoms with Crippen molar-refractivity contribution in [1.82, 2.24) is 20.6 Å². The number of carbonyl (C=O) groups excluding carboxylic acids is 2. The number of tetrazole rings is 1. The largest absolute Gasteiger partial charge is 0.478 e. The first-order chi connectivity index (χ1) is 22.1. The molecule has 2 unspecified atom stereocenters. The molecule has 13 heteroatoms. The van der Waals surface area contributed by atoms with E-state index in [1.807, 2.05) is 49.4 Å². The van der Waals surface area contributed by atoms with E-state index in [2.05, 4.69) is 31.3 Å². The van der Waals surface area contributed by atoms with Gasteiger partial charge in [-0.15, -0.1) is 5.10 Å². The van der Waals surface area contributed by atoms with Gasteiger partial charge in [0.15, 0.2) is 0 Å². The predicted octanol–water partition coefficient (Wildman–Crippen LogP) is 4.06. The van der Waals surface area contributed by atoms with Gasteiger partial charge in [-0.2, -0.15) is 0 Å². The summed E-state index contributed by atoms with van der Waals surface area (Å²) in [6, 6.07) is 24.2. The summed E-state index contributed by atoms with van der Waals surface area (Å²) in [5, 5.41) is 37.7. The summed E-state index contributed by atoms with van der Waals surface area (Å²) in [7, 11) is 0. The number of amidine groups is 1. The third-order valence-corrected chi connectivity index (χ3v) is 8.34. The Hall–Kier alpha value is -6.37. The minimum atomic E-state index is -1.25. The number of nitrogens with one attached hydrogen (secondary N) is 4. The highest BCUT2D eigenvalue weighted by Crippen LogP contribution is 2.50. The van der Waals surface area contributed by atoms with Crippen LogP contribution in [-0.4, -0.2) is 49.3 Å². The van der Waals surface area contributed by atoms with Crippen molar-refractivity contribution >= 4 is 35.0 Å². The number of aromatic amines is 1. The van der Waals surface area contributed by atoms with E-state index in [0.717, 1.165) is 11.1 Å². The smallest absolute Gasteiger partial charge is 0.336 e. The van der Waals surface area contributed by atoms with Gasteiger partial charge in [0.05, 0.1) is 11.6 Å². The van der Waals surface area contributed by atoms with Gasteiger partial charge in [0.1, 0.15) is 5.84 Å². The summed E-state index contributed by atoms with van der Waals surface area (Å²) in [5.41, 5.74) is 15.5. The molecule has 6 rings (SSSR count). The molecule has 0 saturated carbocycles. The minimum Gasteiger partial charge on any atom is -0.478 e. The molecule has 46 heavy (non-hydrogen) atoms. The molecule has 2 atom stereocenters. The van der Waals surface area contributed by atoms with Crippen LogP contribution < -0.4 is 22.1 Å². The van der Waals surface area contributed by atoms with Crippen LogP contribution >= 0.6 is 0 Å². The minimum absolute atomic E-state index is 0.0696. The Morgan fingerprint density at radius 3 is 2.46 bits per heavy atom. The third kappa shape index (κ3) is 5.30. The first-order valence-corrected chi connectivity index (χ1v) is 14.2. The van der Waals surface area contributed by atoms with Crippen LogP contribution in [0.4, 0.5) is 11.4 Å². The maximum Gasteiger partial charge on any atom is 0.336 e. The second kappa shape index (κ2) is 11.6. The van der Waals surface area contributed by atoms with E-state index in [0.29, 0.717) is 34.5 Å². The Balaban J connectivity index is 1.51. The molecular formula is C33H29N9O4. The molecule has 0 spiro atoms. The van der Waals surface area contributed by atoms with Crippen LogP contribution in [0, 0.1) is 5.41 Å². The maximum atomic E-state index is 13.1. The molecule has 0 bridgehead atoms. The predicted molar refractivity (Wildman–Crippen MR) is 171 cm³/mol. The molecule has 230 valence electrons. The summed E-state index contributed by atoms with van der Waals surface area (Å²) < 4.78 is 0. The fourth-order valence-corrected chi connectivity index (χ4v) is 6.18. The summed E-state index contributed by atoms with van der Waals surface area (Å²) in [4.78, 5) is 38.6. The molecule has 0 aliphatic carbocycles. The number of hydrogen-bond donors (Lipinski definition) is 7. The van der Waals surface area contributed by atoms with Crippen molar-refractivity contribution in [3.05, 3.63) is 124 Å². The van der Waals surface area contributed by atoms with Crippen LogP contribution in [0.15, 0.2) is 84.9 Å². The molecular weight excluding hydrogens is 586 g/mol. The van der Waals surface area contributed by atoms with E-state index < -0.39 is 29.2 Å². The molecule has 0 radical (unpaired) electrons. The van der Waals surface area contributed by atoms with Gasteiger partial charge in [-0.05, 0) is 75.5 Å². The number of nitrogens with two attached hydrogens (primary N) is 2. The van der Waals surface area contributed by atoms with E-state index >= 15 is 0 Å². The van der Waals surface area contributed by atoms with Crippen molar-refractivity contribution in [3.63, 3.8) is 0 Å². The Morgan fingerprint density at radius 1 is 1.00 bits per heavy atom. The SMILES string of the molecule is CC1(c2ccccc2)CC(c2c(C(N)=O)ccc(-c3cccc(NC(=O)c4nnn[nH]4)c3)c2C(=O)O)Nc2ccc(C(=N)N)cc21. The third-order valence-electron chi connectivity index (χ3n) is 8.34. The number of benzene rings is 4. The van der Waals surface area contributed by atoms with Crippen molar-refractivity contribution in [2.75, 3.05) is 10.6 Å². The lowest BCUT2D eigenvalue weighted by Gasteiger charge is -2.42. The van der Waals surface area contributed by atoms with Gasteiger partial charge in [0, 0.05) is 33.5 Å². The first-order valence-electron chi connectivity index (χ1n) is 14.2. The highest BCUT2D eigenvalue weighted by molar-refractivity contribution is 6.05. The fourth-order valence-electron chi connectivity index (χ4n) is 6.18. The lowest BCUT2D eigenvalue weighted by Crippen LogP contribution is -2.36. The lowest BCUT2D eigenvalue weighted by atomic mass is 9.67. The average Bonchev–Trinajstić information content (AvgIpc) is 3.60. The van der Waals surface area contributed by atoms with Crippen molar-refractivity contribution in [2.24, 2.45) is 11.5 Å². The number of carboxylic acids is 1. The number of carbonyl (C=O) groups is 3. The number of anilines is 2. The zero-order valence-electron chi connectivity index (χ0n) is 24.5. The van der Waals surface area contributed by atoms with E-state index in [1.54, 1.807) is 36.4 Å². The molecule has 13 nitrogen and oxygen atoms in total. The van der Waals surface area contributed by atoms with Crippen LogP contribution in [-0.2, 0) is 5.41 Å². The number of aromatic carboxylic acids is 1. The number of nitrogens with zero attached hydrogens (tertiary/aromatic N) is 3. The first kappa shape index (κ1) is 29.7. The second-order valence-electron chi connectivity index (χ2n) is 11.2. The number of hydrogen-bond acceptors (Lipinski definition) is 8. The molecule has 9 N–H and O–H groups in total. The van der Waals surface area contributed by atoms with Crippen molar-refractivity contribution in [2.45, 2.75) is 24.8 Å². The number of nitrogen functional groups attached to an aromatic ring is 1. The zero-order chi connectivity index (χ0) is 32.6. The number of carboxylic acid groups (broad SMARTS) is 1. The molecule has 1 aliphatic heterocycles. The molecule has 2 amide bonds. The van der Waals surface area contributed by atoms with Gasteiger partial charge in [-0.25, -0.2) is 9.89 Å². The van der Waals surface area contributed by atoms with Crippen molar-refractivity contribution in [3.8, 4) is 11.1 Å². The molecule has 5 aromatic rings. The topological polar surface area (TPSA) is 226 Å². The maximum absolute atomic E-state index is 13.1. The second-order valence-corrected chi connectivity index (χ2v) is 11.2. The molecule has 2 heterocycles. The lowest BCUT2D eigenvalue weighted by molar-refractivity contribution is 0.0695. The van der Waals surface area contributed by atoms with Crippen LogP contribution in [0.25, 0.3) is 11.1 Å². The summed E-state index contributed by atoms with van der Waals surface area (Å²) in [6.45, 7) is 2.05. The van der Waals surface area contributed by atoms with Crippen molar-refractivity contribution < 1.29 is 19.5 Å². The van der Waals surface area contributed by atoms with Crippen LogP contribution in [0.1, 0.15) is 73.0 Å². The molecule has 4 aromatic carbocycles. The quantitative estimate of drug-likeness (QED) is 0.0985. The van der Waals surface area contributed by atoms with Crippen LogP contribution in [0.3, 0.4) is 0 Å². The molecule has 0 saturated heterocycles. The van der Waals surface area contributed by atoms with Gasteiger partial charge in [0.25, 0.3) is 5.91 Å². The van der Waals surface area contributed by atoms with Gasteiger partial charge < -0.3 is 27.2 Å². The average molecular weight is 616 g/mol. The number of fused-ring (bicyclic) bond motifs is 1. The highest BCUT2D eigenvalue weighted by atomic mass is 16.4. The van der Waals surface area contributed by atoms with Gasteiger partial charge in [0.2, 0.25) is 11.7 Å². The number of aromatic nitrogens is 4. The number of rotatable bonds is 8. The van der Waals surface area contributed by atoms with Gasteiger partial charge in [-0.1, -0.05) is 55.5 Å². The summed E-state index contributed by atoms with van der Waals surface area (Å²) in [5.74, 6) is -2.77. The van der Waals surface area contributed by atoms with E-state index in [1.165, 1.54) is 6.07 Å². The Kier molecular flexibility index (Phi) is 7.50. The van der Waals surface area contributed by atoms with Crippen molar-refractivity contribution in [1.29, 1.82) is 5.41 Å². The highest BCUT2D eigenvalue weighted by Gasteiger charge is 2.41. The zero-order valence-corrected chi connectivity index (χ0v) is 24.5. The summed E-state index contributed by atoms with van der Waals surface area (Å²) in [6.07, 6.45) is 0.344. The van der Waals surface area contributed by atoms with E-state index in [-0.39, 0.29) is 28.4 Å². The monoisotopic (exact) mass is 615 g/mol.